The summed E-state index contributed by atoms with van der Waals surface area (Å²) in [5.41, 5.74) is 0.650. The van der Waals surface area contributed by atoms with E-state index in [2.05, 4.69) is 20.8 Å². The van der Waals surface area contributed by atoms with Crippen LogP contribution in [0.5, 0.6) is 0 Å². The number of carbonyl (C=O) groups is 3. The Hall–Kier alpha value is -1.85. The number of carbonyl (C=O) groups excluding carboxylic acids is 3. The fraction of sp³-hybridized carbons (Fsp3) is 0.737. The second-order valence-corrected chi connectivity index (χ2v) is 8.32. The van der Waals surface area contributed by atoms with Crippen LogP contribution in [-0.4, -0.2) is 36.7 Å². The molecule has 1 aliphatic heterocycles. The number of esters is 3. The van der Waals surface area contributed by atoms with E-state index < -0.39 is 29.6 Å². The fourth-order valence-electron chi connectivity index (χ4n) is 5.43. The van der Waals surface area contributed by atoms with E-state index in [1.54, 1.807) is 0 Å². The SMILES string of the molecule is CC(=O)OC1C2=C(C(=O)OC2)C2(C)CCCC(C)(C)C2C1OC(C)=O. The van der Waals surface area contributed by atoms with E-state index in [1.807, 2.05) is 0 Å². The van der Waals surface area contributed by atoms with Gasteiger partial charge >= 0.3 is 17.9 Å². The monoisotopic (exact) mass is 350 g/mol. The Labute approximate surface area is 147 Å². The van der Waals surface area contributed by atoms with Gasteiger partial charge in [0.1, 0.15) is 12.7 Å². The average Bonchev–Trinajstić information content (AvgIpc) is 2.84. The van der Waals surface area contributed by atoms with Crippen LogP contribution in [0.1, 0.15) is 53.9 Å². The van der Waals surface area contributed by atoms with Gasteiger partial charge in [-0.15, -0.1) is 0 Å². The van der Waals surface area contributed by atoms with E-state index in [-0.39, 0.29) is 23.9 Å². The smallest absolute Gasteiger partial charge is 0.335 e. The van der Waals surface area contributed by atoms with Gasteiger partial charge in [-0.05, 0) is 18.3 Å². The van der Waals surface area contributed by atoms with Gasteiger partial charge in [-0.3, -0.25) is 9.59 Å². The van der Waals surface area contributed by atoms with Crippen molar-refractivity contribution in [3.05, 3.63) is 11.1 Å². The van der Waals surface area contributed by atoms with Crippen LogP contribution in [0.3, 0.4) is 0 Å². The van der Waals surface area contributed by atoms with Gasteiger partial charge in [-0.1, -0.05) is 27.2 Å². The molecule has 0 aromatic carbocycles. The highest BCUT2D eigenvalue weighted by atomic mass is 16.6. The summed E-state index contributed by atoms with van der Waals surface area (Å²) in [5, 5.41) is 0. The minimum absolute atomic E-state index is 0.0899. The summed E-state index contributed by atoms with van der Waals surface area (Å²) in [6.45, 7) is 9.08. The van der Waals surface area contributed by atoms with Gasteiger partial charge in [0, 0.05) is 36.3 Å². The molecule has 0 spiro atoms. The Balaban J connectivity index is 2.20. The first-order valence-corrected chi connectivity index (χ1v) is 8.83. The molecule has 4 atom stereocenters. The van der Waals surface area contributed by atoms with Gasteiger partial charge in [0.25, 0.3) is 0 Å². The maximum atomic E-state index is 12.5. The molecule has 0 aromatic rings. The van der Waals surface area contributed by atoms with Gasteiger partial charge in [0.2, 0.25) is 0 Å². The van der Waals surface area contributed by atoms with E-state index in [0.717, 1.165) is 19.3 Å². The second-order valence-electron chi connectivity index (χ2n) is 8.32. The van der Waals surface area contributed by atoms with Gasteiger partial charge in [-0.25, -0.2) is 4.79 Å². The molecule has 25 heavy (non-hydrogen) atoms. The van der Waals surface area contributed by atoms with E-state index in [1.165, 1.54) is 13.8 Å². The highest BCUT2D eigenvalue weighted by Crippen LogP contribution is 2.61. The summed E-state index contributed by atoms with van der Waals surface area (Å²) in [7, 11) is 0. The van der Waals surface area contributed by atoms with E-state index in [0.29, 0.717) is 11.1 Å². The van der Waals surface area contributed by atoms with Crippen molar-refractivity contribution in [2.75, 3.05) is 6.61 Å². The molecule has 1 fully saturated rings. The maximum absolute atomic E-state index is 12.5. The fourth-order valence-corrected chi connectivity index (χ4v) is 5.43. The molecule has 0 aromatic heterocycles. The van der Waals surface area contributed by atoms with Gasteiger partial charge < -0.3 is 14.2 Å². The van der Waals surface area contributed by atoms with Crippen LogP contribution in [0.4, 0.5) is 0 Å². The molecule has 0 N–H and O–H groups in total. The molecule has 2 aliphatic carbocycles. The van der Waals surface area contributed by atoms with Crippen LogP contribution in [0.25, 0.3) is 0 Å². The van der Waals surface area contributed by atoms with Crippen LogP contribution in [-0.2, 0) is 28.6 Å². The van der Waals surface area contributed by atoms with Crippen molar-refractivity contribution in [2.24, 2.45) is 16.7 Å². The molecule has 0 amide bonds. The largest absolute Gasteiger partial charge is 0.458 e. The third-order valence-corrected chi connectivity index (χ3v) is 6.07. The minimum atomic E-state index is -0.765. The van der Waals surface area contributed by atoms with E-state index in [4.69, 9.17) is 14.2 Å². The Morgan fingerprint density at radius 1 is 1.08 bits per heavy atom. The average molecular weight is 350 g/mol. The number of fused-ring (bicyclic) bond motifs is 2. The molecule has 6 heteroatoms. The number of cyclic esters (lactones) is 1. The topological polar surface area (TPSA) is 78.9 Å². The molecule has 0 saturated heterocycles. The molecule has 3 rings (SSSR count). The highest BCUT2D eigenvalue weighted by molar-refractivity contribution is 5.94. The van der Waals surface area contributed by atoms with Crippen LogP contribution in [0, 0.1) is 16.7 Å². The second kappa shape index (κ2) is 5.85. The summed E-state index contributed by atoms with van der Waals surface area (Å²) in [6.07, 6.45) is 1.37. The number of hydrogen-bond acceptors (Lipinski definition) is 6. The maximum Gasteiger partial charge on any atom is 0.335 e. The molecule has 138 valence electrons. The quantitative estimate of drug-likeness (QED) is 0.562. The predicted molar refractivity (Wildman–Crippen MR) is 88.3 cm³/mol. The summed E-state index contributed by atoms with van der Waals surface area (Å²) in [4.78, 5) is 36.0. The van der Waals surface area contributed by atoms with Crippen molar-refractivity contribution >= 4 is 17.9 Å². The Bertz CT molecular complexity index is 661. The molecule has 6 nitrogen and oxygen atoms in total. The highest BCUT2D eigenvalue weighted by Gasteiger charge is 2.63. The number of rotatable bonds is 2. The molecular formula is C19H26O6. The molecule has 3 aliphatic rings. The lowest BCUT2D eigenvalue weighted by Crippen LogP contribution is -2.59. The molecule has 1 saturated carbocycles. The van der Waals surface area contributed by atoms with Crippen molar-refractivity contribution in [1.29, 1.82) is 0 Å². The van der Waals surface area contributed by atoms with E-state index >= 15 is 0 Å². The van der Waals surface area contributed by atoms with Crippen molar-refractivity contribution in [2.45, 2.75) is 66.1 Å². The Morgan fingerprint density at radius 3 is 2.32 bits per heavy atom. The van der Waals surface area contributed by atoms with Gasteiger partial charge in [0.15, 0.2) is 6.10 Å². The van der Waals surface area contributed by atoms with Crippen molar-refractivity contribution in [1.82, 2.24) is 0 Å². The first kappa shape index (κ1) is 18.0. The zero-order valence-electron chi connectivity index (χ0n) is 15.5. The third kappa shape index (κ3) is 2.75. The lowest BCUT2D eigenvalue weighted by molar-refractivity contribution is -0.184. The Morgan fingerprint density at radius 2 is 1.72 bits per heavy atom. The van der Waals surface area contributed by atoms with E-state index in [9.17, 15) is 14.4 Å². The normalized spacial score (nSPS) is 36.2. The van der Waals surface area contributed by atoms with Crippen molar-refractivity contribution in [3.8, 4) is 0 Å². The first-order chi connectivity index (χ1) is 11.6. The van der Waals surface area contributed by atoms with Gasteiger partial charge in [-0.2, -0.15) is 0 Å². The molecule has 1 heterocycles. The Kier molecular flexibility index (Phi) is 4.20. The lowest BCUT2D eigenvalue weighted by atomic mass is 9.49. The van der Waals surface area contributed by atoms with Gasteiger partial charge in [0.05, 0.1) is 0 Å². The van der Waals surface area contributed by atoms with Crippen LogP contribution < -0.4 is 0 Å². The standard InChI is InChI=1S/C19H26O6/c1-10(20)24-14-12-9-23-17(22)13(12)19(5)8-6-7-18(3,4)16(19)15(14)25-11(2)21/h14-16H,6-9H2,1-5H3. The van der Waals surface area contributed by atoms with Crippen molar-refractivity contribution < 1.29 is 28.6 Å². The van der Waals surface area contributed by atoms with Crippen LogP contribution in [0.15, 0.2) is 11.1 Å². The zero-order chi connectivity index (χ0) is 18.6. The van der Waals surface area contributed by atoms with Crippen LogP contribution >= 0.6 is 0 Å². The number of ether oxygens (including phenoxy) is 3. The summed E-state index contributed by atoms with van der Waals surface area (Å²) in [6, 6.07) is 0. The predicted octanol–water partition coefficient (Wildman–Crippen LogP) is 2.55. The molecule has 4 unspecified atom stereocenters. The third-order valence-electron chi connectivity index (χ3n) is 6.07. The molecular weight excluding hydrogens is 324 g/mol. The molecule has 0 bridgehead atoms. The van der Waals surface area contributed by atoms with Crippen molar-refractivity contribution in [3.63, 3.8) is 0 Å². The van der Waals surface area contributed by atoms with Crippen LogP contribution in [0.2, 0.25) is 0 Å². The first-order valence-electron chi connectivity index (χ1n) is 8.83. The lowest BCUT2D eigenvalue weighted by Gasteiger charge is -2.56. The summed E-state index contributed by atoms with van der Waals surface area (Å²) < 4.78 is 16.6. The number of hydrogen-bond donors (Lipinski definition) is 0. The molecule has 0 radical (unpaired) electrons. The summed E-state index contributed by atoms with van der Waals surface area (Å²) in [5.74, 6) is -1.35. The zero-order valence-corrected chi connectivity index (χ0v) is 15.5. The minimum Gasteiger partial charge on any atom is -0.458 e. The summed E-state index contributed by atoms with van der Waals surface area (Å²) >= 11 is 0.